The van der Waals surface area contributed by atoms with Crippen LogP contribution in [0.3, 0.4) is 0 Å². The summed E-state index contributed by atoms with van der Waals surface area (Å²) in [6, 6.07) is 0.0979. The molecule has 2 atom stereocenters. The minimum Gasteiger partial charge on any atom is -0.312 e. The molecule has 2 N–H and O–H groups in total. The second-order valence-electron chi connectivity index (χ2n) is 6.08. The number of hydrogen-bond donors (Lipinski definition) is 2. The molecule has 1 aliphatic carbocycles. The molecule has 0 radical (unpaired) electrons. The molecule has 0 spiro atoms. The van der Waals surface area contributed by atoms with Crippen LogP contribution in [0.25, 0.3) is 0 Å². The van der Waals surface area contributed by atoms with E-state index < -0.39 is 10.0 Å². The molecule has 1 fully saturated rings. The molecule has 0 amide bonds. The Morgan fingerprint density at radius 2 is 2.14 bits per heavy atom. The Labute approximate surface area is 132 Å². The van der Waals surface area contributed by atoms with Gasteiger partial charge in [-0.3, -0.25) is 0 Å². The second kappa shape index (κ2) is 7.22. The van der Waals surface area contributed by atoms with Crippen molar-refractivity contribution in [3.63, 3.8) is 0 Å². The van der Waals surface area contributed by atoms with Crippen molar-refractivity contribution in [1.29, 1.82) is 0 Å². The van der Waals surface area contributed by atoms with Crippen LogP contribution in [0.15, 0.2) is 10.3 Å². The highest BCUT2D eigenvalue weighted by Gasteiger charge is 2.29. The first-order valence-electron chi connectivity index (χ1n) is 7.74. The Morgan fingerprint density at radius 3 is 2.76 bits per heavy atom. The van der Waals surface area contributed by atoms with Crippen LogP contribution in [0.4, 0.5) is 0 Å². The van der Waals surface area contributed by atoms with E-state index in [1.165, 1.54) is 11.3 Å². The van der Waals surface area contributed by atoms with Crippen LogP contribution in [0, 0.1) is 12.8 Å². The summed E-state index contributed by atoms with van der Waals surface area (Å²) < 4.78 is 28.3. The fourth-order valence-corrected chi connectivity index (χ4v) is 6.01. The standard InChI is InChI=1S/C15H26N2O2S2/c1-4-7-16-9-14-15(12(3)10-20-14)21(18,19)17-13-6-5-11(2)8-13/h10-11,13,16-17H,4-9H2,1-3H3. The molecule has 1 aromatic heterocycles. The molecular weight excluding hydrogens is 304 g/mol. The van der Waals surface area contributed by atoms with Crippen molar-refractivity contribution in [1.82, 2.24) is 10.0 Å². The highest BCUT2D eigenvalue weighted by atomic mass is 32.2. The van der Waals surface area contributed by atoms with E-state index in [2.05, 4.69) is 23.9 Å². The summed E-state index contributed by atoms with van der Waals surface area (Å²) in [5.41, 5.74) is 0.854. The molecule has 0 saturated heterocycles. The summed E-state index contributed by atoms with van der Waals surface area (Å²) in [4.78, 5) is 1.41. The van der Waals surface area contributed by atoms with Crippen molar-refractivity contribution in [2.24, 2.45) is 5.92 Å². The van der Waals surface area contributed by atoms with Crippen molar-refractivity contribution >= 4 is 21.4 Å². The van der Waals surface area contributed by atoms with Crippen molar-refractivity contribution in [2.75, 3.05) is 6.54 Å². The zero-order valence-electron chi connectivity index (χ0n) is 13.1. The van der Waals surface area contributed by atoms with Gasteiger partial charge in [0, 0.05) is 17.5 Å². The molecule has 1 aliphatic rings. The normalized spacial score (nSPS) is 22.8. The lowest BCUT2D eigenvalue weighted by Crippen LogP contribution is -2.33. The summed E-state index contributed by atoms with van der Waals surface area (Å²) in [5, 5.41) is 5.24. The maximum atomic E-state index is 12.7. The van der Waals surface area contributed by atoms with Gasteiger partial charge in [-0.15, -0.1) is 11.3 Å². The summed E-state index contributed by atoms with van der Waals surface area (Å²) in [6.07, 6.45) is 4.06. The Hall–Kier alpha value is -0.430. The average Bonchev–Trinajstić information content (AvgIpc) is 2.96. The van der Waals surface area contributed by atoms with Crippen LogP contribution < -0.4 is 10.0 Å². The van der Waals surface area contributed by atoms with E-state index in [1.807, 2.05) is 12.3 Å². The molecule has 0 aliphatic heterocycles. The van der Waals surface area contributed by atoms with E-state index in [1.54, 1.807) is 0 Å². The molecule has 2 unspecified atom stereocenters. The van der Waals surface area contributed by atoms with Gasteiger partial charge in [-0.2, -0.15) is 0 Å². The first-order valence-corrected chi connectivity index (χ1v) is 10.1. The summed E-state index contributed by atoms with van der Waals surface area (Å²) >= 11 is 1.53. The van der Waals surface area contributed by atoms with Gasteiger partial charge in [0.2, 0.25) is 10.0 Å². The summed E-state index contributed by atoms with van der Waals surface area (Å²) in [7, 11) is -3.40. The van der Waals surface area contributed by atoms with Gasteiger partial charge in [0.1, 0.15) is 4.90 Å². The van der Waals surface area contributed by atoms with Crippen LogP contribution >= 0.6 is 11.3 Å². The zero-order chi connectivity index (χ0) is 15.5. The lowest BCUT2D eigenvalue weighted by molar-refractivity contribution is 0.537. The largest absolute Gasteiger partial charge is 0.312 e. The topological polar surface area (TPSA) is 58.2 Å². The Bertz CT molecular complexity index is 566. The smallest absolute Gasteiger partial charge is 0.242 e. The van der Waals surface area contributed by atoms with Crippen molar-refractivity contribution < 1.29 is 8.42 Å². The third kappa shape index (κ3) is 4.28. The van der Waals surface area contributed by atoms with Crippen LogP contribution in [0.1, 0.15) is 50.0 Å². The molecule has 6 heteroatoms. The minimum absolute atomic E-state index is 0.0979. The van der Waals surface area contributed by atoms with Gasteiger partial charge in [0.25, 0.3) is 0 Å². The molecule has 120 valence electrons. The summed E-state index contributed by atoms with van der Waals surface area (Å²) in [5.74, 6) is 0.618. The lowest BCUT2D eigenvalue weighted by Gasteiger charge is -2.14. The maximum Gasteiger partial charge on any atom is 0.242 e. The van der Waals surface area contributed by atoms with Crippen molar-refractivity contribution in [2.45, 2.75) is 63.9 Å². The number of rotatable bonds is 7. The Kier molecular flexibility index (Phi) is 5.82. The van der Waals surface area contributed by atoms with Crippen LogP contribution in [-0.2, 0) is 16.6 Å². The molecule has 1 aromatic rings. The number of hydrogen-bond acceptors (Lipinski definition) is 4. The molecule has 1 saturated carbocycles. The second-order valence-corrected chi connectivity index (χ2v) is 8.70. The van der Waals surface area contributed by atoms with E-state index in [9.17, 15) is 8.42 Å². The third-order valence-corrected chi connectivity index (χ3v) is 6.97. The molecule has 0 bridgehead atoms. The zero-order valence-corrected chi connectivity index (χ0v) is 14.7. The maximum absolute atomic E-state index is 12.7. The first kappa shape index (κ1) is 16.9. The molecule has 1 heterocycles. The highest BCUT2D eigenvalue weighted by Crippen LogP contribution is 2.30. The molecular formula is C15H26N2O2S2. The van der Waals surface area contributed by atoms with Gasteiger partial charge in [-0.1, -0.05) is 13.8 Å². The summed E-state index contributed by atoms with van der Waals surface area (Å²) in [6.45, 7) is 7.71. The van der Waals surface area contributed by atoms with Gasteiger partial charge in [-0.25, -0.2) is 13.1 Å². The van der Waals surface area contributed by atoms with Crippen molar-refractivity contribution in [3.05, 3.63) is 15.8 Å². The monoisotopic (exact) mass is 330 g/mol. The number of thiophene rings is 1. The Morgan fingerprint density at radius 1 is 1.38 bits per heavy atom. The Balaban J connectivity index is 2.13. The molecule has 0 aromatic carbocycles. The predicted molar refractivity (Wildman–Crippen MR) is 88.2 cm³/mol. The van der Waals surface area contributed by atoms with Gasteiger partial charge in [0.15, 0.2) is 0 Å². The van der Waals surface area contributed by atoms with E-state index in [0.29, 0.717) is 17.4 Å². The van der Waals surface area contributed by atoms with Gasteiger partial charge in [0.05, 0.1) is 0 Å². The van der Waals surface area contributed by atoms with Crippen LogP contribution in [0.5, 0.6) is 0 Å². The minimum atomic E-state index is -3.40. The molecule has 4 nitrogen and oxygen atoms in total. The lowest BCUT2D eigenvalue weighted by atomic mass is 10.1. The van der Waals surface area contributed by atoms with Crippen molar-refractivity contribution in [3.8, 4) is 0 Å². The average molecular weight is 331 g/mol. The third-order valence-electron chi connectivity index (χ3n) is 3.99. The SMILES string of the molecule is CCCNCc1scc(C)c1S(=O)(=O)NC1CCC(C)C1. The number of aryl methyl sites for hydroxylation is 1. The van der Waals surface area contributed by atoms with Gasteiger partial charge < -0.3 is 5.32 Å². The molecule has 21 heavy (non-hydrogen) atoms. The van der Waals surface area contributed by atoms with Crippen LogP contribution in [-0.4, -0.2) is 21.0 Å². The van der Waals surface area contributed by atoms with Crippen LogP contribution in [0.2, 0.25) is 0 Å². The van der Waals surface area contributed by atoms with E-state index >= 15 is 0 Å². The number of nitrogens with one attached hydrogen (secondary N) is 2. The fraction of sp³-hybridized carbons (Fsp3) is 0.733. The van der Waals surface area contributed by atoms with E-state index in [-0.39, 0.29) is 6.04 Å². The fourth-order valence-electron chi connectivity index (χ4n) is 2.94. The highest BCUT2D eigenvalue weighted by molar-refractivity contribution is 7.89. The van der Waals surface area contributed by atoms with Gasteiger partial charge in [-0.05, 0) is 56.0 Å². The van der Waals surface area contributed by atoms with E-state index in [0.717, 1.165) is 42.7 Å². The number of sulfonamides is 1. The molecule has 2 rings (SSSR count). The van der Waals surface area contributed by atoms with E-state index in [4.69, 9.17) is 0 Å². The van der Waals surface area contributed by atoms with Gasteiger partial charge >= 0.3 is 0 Å². The first-order chi connectivity index (χ1) is 9.94. The quantitative estimate of drug-likeness (QED) is 0.756. The predicted octanol–water partition coefficient (Wildman–Crippen LogP) is 3.02.